The van der Waals surface area contributed by atoms with Crippen molar-refractivity contribution >= 4 is 11.9 Å². The highest BCUT2D eigenvalue weighted by Crippen LogP contribution is 2.49. The van der Waals surface area contributed by atoms with Crippen LogP contribution in [0, 0.1) is 5.92 Å². The van der Waals surface area contributed by atoms with Crippen LogP contribution in [0.1, 0.15) is 54.4 Å². The standard InChI is InChI=1S/C21H29N3O4/c1-23(13-14-24-11-3-4-12-24)19(25)15-5-8-21(9-6-15)16-7-10-22-18(27-2)17(16)20(26)28-21/h7,10,15H,3-6,8-9,11-14H2,1-2H3/t15-,21-. The van der Waals surface area contributed by atoms with Crippen molar-refractivity contribution in [2.45, 2.75) is 44.1 Å². The van der Waals surface area contributed by atoms with Crippen LogP contribution in [0.5, 0.6) is 5.88 Å². The molecule has 4 rings (SSSR count). The molecule has 1 saturated carbocycles. The first-order chi connectivity index (χ1) is 13.5. The smallest absolute Gasteiger partial charge is 0.344 e. The van der Waals surface area contributed by atoms with Crippen molar-refractivity contribution < 1.29 is 19.1 Å². The van der Waals surface area contributed by atoms with E-state index in [-0.39, 0.29) is 17.8 Å². The molecule has 0 N–H and O–H groups in total. The van der Waals surface area contributed by atoms with Crippen molar-refractivity contribution in [2.24, 2.45) is 5.92 Å². The number of carbonyl (C=O) groups is 2. The molecule has 3 aliphatic rings. The number of likely N-dealkylation sites (N-methyl/N-ethyl adjacent to an activating group) is 1. The third kappa shape index (κ3) is 3.36. The van der Waals surface area contributed by atoms with Gasteiger partial charge in [0.2, 0.25) is 11.8 Å². The fourth-order valence-electron chi connectivity index (χ4n) is 4.88. The van der Waals surface area contributed by atoms with E-state index in [1.54, 1.807) is 6.20 Å². The molecule has 152 valence electrons. The summed E-state index contributed by atoms with van der Waals surface area (Å²) in [7, 11) is 3.42. The van der Waals surface area contributed by atoms with Gasteiger partial charge in [0.15, 0.2) is 0 Å². The van der Waals surface area contributed by atoms with Crippen LogP contribution in [0.25, 0.3) is 0 Å². The van der Waals surface area contributed by atoms with E-state index in [2.05, 4.69) is 9.88 Å². The molecule has 0 unspecified atom stereocenters. The molecular weight excluding hydrogens is 358 g/mol. The molecule has 1 aromatic heterocycles. The highest BCUT2D eigenvalue weighted by Gasteiger charge is 2.50. The summed E-state index contributed by atoms with van der Waals surface area (Å²) >= 11 is 0. The van der Waals surface area contributed by atoms with Crippen LogP contribution in [0.4, 0.5) is 0 Å². The second-order valence-electron chi connectivity index (χ2n) is 8.21. The lowest BCUT2D eigenvalue weighted by Crippen LogP contribution is -2.41. The van der Waals surface area contributed by atoms with Gasteiger partial charge in [-0.25, -0.2) is 9.78 Å². The molecule has 2 fully saturated rings. The molecule has 7 nitrogen and oxygen atoms in total. The van der Waals surface area contributed by atoms with Crippen molar-refractivity contribution in [2.75, 3.05) is 40.3 Å². The van der Waals surface area contributed by atoms with Gasteiger partial charge in [-0.2, -0.15) is 0 Å². The van der Waals surface area contributed by atoms with E-state index in [1.165, 1.54) is 20.0 Å². The Morgan fingerprint density at radius 2 is 2.07 bits per heavy atom. The Labute approximate surface area is 166 Å². The van der Waals surface area contributed by atoms with Crippen LogP contribution in [-0.2, 0) is 15.1 Å². The molecule has 1 aliphatic carbocycles. The predicted molar refractivity (Wildman–Crippen MR) is 103 cm³/mol. The SMILES string of the molecule is COc1nccc2c1C(=O)O[C@]21CC[C@H](C(=O)N(C)CCN2CCCC2)CC1. The molecular formula is C21H29N3O4. The predicted octanol–water partition coefficient (Wildman–Crippen LogP) is 2.20. The van der Waals surface area contributed by atoms with Gasteiger partial charge in [-0.05, 0) is 57.7 Å². The van der Waals surface area contributed by atoms with Crippen molar-refractivity contribution in [1.82, 2.24) is 14.8 Å². The van der Waals surface area contributed by atoms with Gasteiger partial charge in [0.1, 0.15) is 11.2 Å². The highest BCUT2D eigenvalue weighted by molar-refractivity contribution is 5.97. The summed E-state index contributed by atoms with van der Waals surface area (Å²) in [6.07, 6.45) is 6.97. The fraction of sp³-hybridized carbons (Fsp3) is 0.667. The second kappa shape index (κ2) is 7.70. The normalized spacial score (nSPS) is 26.9. The number of amides is 1. The Hall–Kier alpha value is -2.15. The number of carbonyl (C=O) groups excluding carboxylic acids is 2. The highest BCUT2D eigenvalue weighted by atomic mass is 16.6. The zero-order valence-electron chi connectivity index (χ0n) is 16.8. The van der Waals surface area contributed by atoms with Crippen molar-refractivity contribution in [3.05, 3.63) is 23.4 Å². The quantitative estimate of drug-likeness (QED) is 0.722. The maximum absolute atomic E-state index is 12.9. The summed E-state index contributed by atoms with van der Waals surface area (Å²) in [5.41, 5.74) is 0.670. The average Bonchev–Trinajstić information content (AvgIpc) is 3.33. The van der Waals surface area contributed by atoms with Crippen LogP contribution < -0.4 is 4.74 Å². The Morgan fingerprint density at radius 1 is 1.36 bits per heavy atom. The van der Waals surface area contributed by atoms with Crippen molar-refractivity contribution in [3.63, 3.8) is 0 Å². The van der Waals surface area contributed by atoms with E-state index in [0.29, 0.717) is 24.3 Å². The number of fused-ring (bicyclic) bond motifs is 2. The lowest BCUT2D eigenvalue weighted by Gasteiger charge is -2.37. The van der Waals surface area contributed by atoms with E-state index in [9.17, 15) is 9.59 Å². The van der Waals surface area contributed by atoms with Gasteiger partial charge in [0.05, 0.1) is 7.11 Å². The first-order valence-electron chi connectivity index (χ1n) is 10.3. The topological polar surface area (TPSA) is 72.0 Å². The molecule has 0 atom stereocenters. The number of hydrogen-bond donors (Lipinski definition) is 0. The van der Waals surface area contributed by atoms with E-state index in [1.807, 2.05) is 18.0 Å². The Kier molecular flexibility index (Phi) is 5.27. The molecule has 2 aliphatic heterocycles. The number of aromatic nitrogens is 1. The van der Waals surface area contributed by atoms with E-state index in [0.717, 1.165) is 44.6 Å². The van der Waals surface area contributed by atoms with Gasteiger partial charge in [-0.1, -0.05) is 0 Å². The summed E-state index contributed by atoms with van der Waals surface area (Å²) in [5.74, 6) is 0.165. The summed E-state index contributed by atoms with van der Waals surface area (Å²) in [4.78, 5) is 33.8. The van der Waals surface area contributed by atoms with Crippen LogP contribution >= 0.6 is 0 Å². The second-order valence-corrected chi connectivity index (χ2v) is 8.21. The number of hydrogen-bond acceptors (Lipinski definition) is 6. The van der Waals surface area contributed by atoms with Crippen LogP contribution in [0.3, 0.4) is 0 Å². The Morgan fingerprint density at radius 3 is 2.75 bits per heavy atom. The summed E-state index contributed by atoms with van der Waals surface area (Å²) in [6.45, 7) is 4.03. The fourth-order valence-corrected chi connectivity index (χ4v) is 4.88. The third-order valence-electron chi connectivity index (χ3n) is 6.56. The zero-order valence-corrected chi connectivity index (χ0v) is 16.8. The van der Waals surface area contributed by atoms with Gasteiger partial charge in [0.25, 0.3) is 0 Å². The number of esters is 1. The maximum atomic E-state index is 12.9. The minimum atomic E-state index is -0.631. The van der Waals surface area contributed by atoms with Gasteiger partial charge in [-0.3, -0.25) is 4.79 Å². The lowest BCUT2D eigenvalue weighted by molar-refractivity contribution is -0.137. The Bertz CT molecular complexity index is 752. The molecule has 1 spiro atoms. The van der Waals surface area contributed by atoms with Gasteiger partial charge < -0.3 is 19.3 Å². The number of likely N-dealkylation sites (tertiary alicyclic amines) is 1. The Balaban J connectivity index is 1.38. The lowest BCUT2D eigenvalue weighted by atomic mass is 9.75. The first kappa shape index (κ1) is 19.2. The monoisotopic (exact) mass is 387 g/mol. The van der Waals surface area contributed by atoms with E-state index in [4.69, 9.17) is 9.47 Å². The molecule has 3 heterocycles. The van der Waals surface area contributed by atoms with Crippen molar-refractivity contribution in [1.29, 1.82) is 0 Å². The molecule has 1 aromatic rings. The third-order valence-corrected chi connectivity index (χ3v) is 6.56. The summed E-state index contributed by atoms with van der Waals surface area (Å²) < 4.78 is 11.1. The zero-order chi connectivity index (χ0) is 19.7. The number of methoxy groups -OCH3 is 1. The average molecular weight is 387 g/mol. The minimum Gasteiger partial charge on any atom is -0.480 e. The van der Waals surface area contributed by atoms with Gasteiger partial charge in [0, 0.05) is 37.8 Å². The molecule has 0 bridgehead atoms. The van der Waals surface area contributed by atoms with Gasteiger partial charge >= 0.3 is 5.97 Å². The molecule has 28 heavy (non-hydrogen) atoms. The van der Waals surface area contributed by atoms with Gasteiger partial charge in [-0.15, -0.1) is 0 Å². The minimum absolute atomic E-state index is 0.000637. The van der Waals surface area contributed by atoms with Crippen LogP contribution in [-0.4, -0.2) is 67.0 Å². The van der Waals surface area contributed by atoms with E-state index < -0.39 is 5.60 Å². The molecule has 1 amide bonds. The number of rotatable bonds is 5. The number of nitrogens with zero attached hydrogens (tertiary/aromatic N) is 3. The summed E-state index contributed by atoms with van der Waals surface area (Å²) in [6, 6.07) is 1.85. The largest absolute Gasteiger partial charge is 0.480 e. The maximum Gasteiger partial charge on any atom is 0.344 e. The molecule has 1 saturated heterocycles. The molecule has 7 heteroatoms. The molecule has 0 aromatic carbocycles. The summed E-state index contributed by atoms with van der Waals surface area (Å²) in [5, 5.41) is 0. The number of pyridine rings is 1. The van der Waals surface area contributed by atoms with Crippen LogP contribution in [0.15, 0.2) is 12.3 Å². The molecule has 0 radical (unpaired) electrons. The first-order valence-corrected chi connectivity index (χ1v) is 10.3. The number of ether oxygens (including phenoxy) is 2. The van der Waals surface area contributed by atoms with Crippen LogP contribution in [0.2, 0.25) is 0 Å². The van der Waals surface area contributed by atoms with Crippen molar-refractivity contribution in [3.8, 4) is 5.88 Å². The van der Waals surface area contributed by atoms with E-state index >= 15 is 0 Å².